The molecule has 1 aromatic rings. The summed E-state index contributed by atoms with van der Waals surface area (Å²) < 4.78 is 4.92. The molecule has 0 aliphatic carbocycles. The summed E-state index contributed by atoms with van der Waals surface area (Å²) in [6.07, 6.45) is 0. The zero-order valence-electron chi connectivity index (χ0n) is 8.12. The Bertz CT molecular complexity index is 406. The number of carbonyl (C=O) groups excluding carboxylic acids is 2. The number of esters is 1. The average molecular weight is 225 g/mol. The van der Waals surface area contributed by atoms with E-state index in [-0.39, 0.29) is 0 Å². The van der Waals surface area contributed by atoms with Crippen molar-refractivity contribution in [2.45, 2.75) is 6.92 Å². The van der Waals surface area contributed by atoms with Gasteiger partial charge in [0, 0.05) is 11.1 Å². The number of benzene rings is 1. The largest absolute Gasteiger partial charge is 0.423 e. The average Bonchev–Trinajstić information content (AvgIpc) is 2.18. The second-order valence-electron chi connectivity index (χ2n) is 2.97. The Labute approximate surface area is 92.3 Å². The third-order valence-electron chi connectivity index (χ3n) is 1.64. The predicted molar refractivity (Wildman–Crippen MR) is 57.1 cm³/mol. The van der Waals surface area contributed by atoms with Crippen LogP contribution in [-0.2, 0) is 4.79 Å². The lowest BCUT2D eigenvalue weighted by molar-refractivity contribution is -0.130. The highest BCUT2D eigenvalue weighted by Gasteiger charge is 2.06. The molecule has 0 saturated heterocycles. The van der Waals surface area contributed by atoms with E-state index in [2.05, 4.69) is 6.58 Å². The van der Waals surface area contributed by atoms with E-state index >= 15 is 0 Å². The Kier molecular flexibility index (Phi) is 3.63. The first-order valence-corrected chi connectivity index (χ1v) is 4.56. The Morgan fingerprint density at radius 1 is 1.27 bits per heavy atom. The van der Waals surface area contributed by atoms with Crippen LogP contribution >= 0.6 is 11.6 Å². The molecule has 0 spiro atoms. The SMILES string of the molecule is C=C(C)C(=O)Oc1ccc(C(=O)Cl)cc1. The summed E-state index contributed by atoms with van der Waals surface area (Å²) in [6.45, 7) is 5.00. The van der Waals surface area contributed by atoms with E-state index in [9.17, 15) is 9.59 Å². The van der Waals surface area contributed by atoms with Gasteiger partial charge >= 0.3 is 5.97 Å². The molecule has 0 atom stereocenters. The molecule has 0 radical (unpaired) electrons. The van der Waals surface area contributed by atoms with E-state index in [4.69, 9.17) is 16.3 Å². The van der Waals surface area contributed by atoms with Crippen molar-refractivity contribution >= 4 is 22.8 Å². The molecule has 1 aromatic carbocycles. The van der Waals surface area contributed by atoms with Gasteiger partial charge in [-0.1, -0.05) is 6.58 Å². The van der Waals surface area contributed by atoms with E-state index in [1.165, 1.54) is 24.3 Å². The van der Waals surface area contributed by atoms with Gasteiger partial charge in [-0.3, -0.25) is 4.79 Å². The van der Waals surface area contributed by atoms with E-state index in [1.54, 1.807) is 6.92 Å². The molecule has 0 bridgehead atoms. The molecule has 1 rings (SSSR count). The third-order valence-corrected chi connectivity index (χ3v) is 1.86. The molecule has 78 valence electrons. The lowest BCUT2D eigenvalue weighted by Gasteiger charge is -2.03. The second kappa shape index (κ2) is 4.75. The molecule has 0 heterocycles. The van der Waals surface area contributed by atoms with Crippen LogP contribution in [-0.4, -0.2) is 11.2 Å². The van der Waals surface area contributed by atoms with E-state index in [0.29, 0.717) is 16.9 Å². The van der Waals surface area contributed by atoms with Gasteiger partial charge in [-0.05, 0) is 42.8 Å². The minimum Gasteiger partial charge on any atom is -0.423 e. The summed E-state index contributed by atoms with van der Waals surface area (Å²) in [7, 11) is 0. The topological polar surface area (TPSA) is 43.4 Å². The van der Waals surface area contributed by atoms with Crippen molar-refractivity contribution < 1.29 is 14.3 Å². The maximum Gasteiger partial charge on any atom is 0.338 e. The molecule has 0 aliphatic heterocycles. The molecule has 0 fully saturated rings. The van der Waals surface area contributed by atoms with Crippen LogP contribution < -0.4 is 4.74 Å². The van der Waals surface area contributed by atoms with Gasteiger partial charge in [0.1, 0.15) is 5.75 Å². The van der Waals surface area contributed by atoms with Crippen LogP contribution in [0, 0.1) is 0 Å². The summed E-state index contributed by atoms with van der Waals surface area (Å²) in [4.78, 5) is 21.8. The lowest BCUT2D eigenvalue weighted by atomic mass is 10.2. The van der Waals surface area contributed by atoms with Crippen LogP contribution in [0.3, 0.4) is 0 Å². The van der Waals surface area contributed by atoms with E-state index < -0.39 is 11.2 Å². The number of hydrogen-bond acceptors (Lipinski definition) is 3. The zero-order chi connectivity index (χ0) is 11.4. The molecular formula is C11H9ClO3. The summed E-state index contributed by atoms with van der Waals surface area (Å²) in [6, 6.07) is 5.96. The molecule has 0 aromatic heterocycles. The standard InChI is InChI=1S/C11H9ClO3/c1-7(2)11(14)15-9-5-3-8(4-6-9)10(12)13/h3-6H,1H2,2H3. The van der Waals surface area contributed by atoms with Crippen LogP contribution in [0.2, 0.25) is 0 Å². The summed E-state index contributed by atoms with van der Waals surface area (Å²) in [5.41, 5.74) is 0.666. The van der Waals surface area contributed by atoms with Crippen molar-refractivity contribution in [3.05, 3.63) is 42.0 Å². The fourth-order valence-electron chi connectivity index (χ4n) is 0.848. The van der Waals surface area contributed by atoms with Crippen LogP contribution in [0.25, 0.3) is 0 Å². The smallest absolute Gasteiger partial charge is 0.338 e. The maximum absolute atomic E-state index is 11.1. The number of carbonyl (C=O) groups is 2. The zero-order valence-corrected chi connectivity index (χ0v) is 8.88. The highest BCUT2D eigenvalue weighted by molar-refractivity contribution is 6.67. The van der Waals surface area contributed by atoms with Gasteiger partial charge in [0.2, 0.25) is 0 Å². The molecule has 3 nitrogen and oxygen atoms in total. The first-order valence-electron chi connectivity index (χ1n) is 4.18. The molecule has 0 aliphatic rings. The molecule has 0 unspecified atom stereocenters. The molecule has 0 saturated carbocycles. The Hall–Kier alpha value is -1.61. The van der Waals surface area contributed by atoms with Crippen molar-refractivity contribution in [3.63, 3.8) is 0 Å². The normalized spacial score (nSPS) is 9.47. The van der Waals surface area contributed by atoms with Crippen molar-refractivity contribution in [2.75, 3.05) is 0 Å². The summed E-state index contributed by atoms with van der Waals surface area (Å²) in [5.74, 6) is -0.149. The summed E-state index contributed by atoms with van der Waals surface area (Å²) in [5, 5.41) is -0.548. The summed E-state index contributed by atoms with van der Waals surface area (Å²) >= 11 is 5.25. The van der Waals surface area contributed by atoms with Crippen molar-refractivity contribution in [3.8, 4) is 5.75 Å². The highest BCUT2D eigenvalue weighted by atomic mass is 35.5. The minimum absolute atomic E-state index is 0.312. The van der Waals surface area contributed by atoms with Gasteiger partial charge in [0.15, 0.2) is 0 Å². The minimum atomic E-state index is -0.548. The molecule has 15 heavy (non-hydrogen) atoms. The lowest BCUT2D eigenvalue weighted by Crippen LogP contribution is -2.08. The van der Waals surface area contributed by atoms with Crippen molar-refractivity contribution in [1.29, 1.82) is 0 Å². The van der Waals surface area contributed by atoms with Crippen molar-refractivity contribution in [2.24, 2.45) is 0 Å². The quantitative estimate of drug-likeness (QED) is 0.343. The van der Waals surface area contributed by atoms with Gasteiger partial charge in [0.05, 0.1) is 0 Å². The van der Waals surface area contributed by atoms with Gasteiger partial charge in [-0.25, -0.2) is 4.79 Å². The number of rotatable bonds is 3. The first-order chi connectivity index (χ1) is 7.00. The number of hydrogen-bond donors (Lipinski definition) is 0. The maximum atomic E-state index is 11.1. The number of ether oxygens (including phenoxy) is 1. The monoisotopic (exact) mass is 224 g/mol. The number of halogens is 1. The third kappa shape index (κ3) is 3.22. The van der Waals surface area contributed by atoms with Crippen LogP contribution in [0.15, 0.2) is 36.4 Å². The Morgan fingerprint density at radius 2 is 1.80 bits per heavy atom. The van der Waals surface area contributed by atoms with E-state index in [0.717, 1.165) is 0 Å². The van der Waals surface area contributed by atoms with Crippen LogP contribution in [0.4, 0.5) is 0 Å². The van der Waals surface area contributed by atoms with E-state index in [1.807, 2.05) is 0 Å². The second-order valence-corrected chi connectivity index (χ2v) is 3.31. The van der Waals surface area contributed by atoms with Crippen LogP contribution in [0.1, 0.15) is 17.3 Å². The fourth-order valence-corrected chi connectivity index (χ4v) is 0.974. The fraction of sp³-hybridized carbons (Fsp3) is 0.0909. The molecule has 0 amide bonds. The Morgan fingerprint density at radius 3 is 2.20 bits per heavy atom. The first kappa shape index (κ1) is 11.5. The molecule has 4 heteroatoms. The van der Waals surface area contributed by atoms with Gasteiger partial charge in [-0.15, -0.1) is 0 Å². The van der Waals surface area contributed by atoms with Crippen LogP contribution in [0.5, 0.6) is 5.75 Å². The highest BCUT2D eigenvalue weighted by Crippen LogP contribution is 2.14. The van der Waals surface area contributed by atoms with Crippen molar-refractivity contribution in [1.82, 2.24) is 0 Å². The van der Waals surface area contributed by atoms with Gasteiger partial charge in [0.25, 0.3) is 5.24 Å². The predicted octanol–water partition coefficient (Wildman–Crippen LogP) is 2.55. The Balaban J connectivity index is 2.77. The molecular weight excluding hydrogens is 216 g/mol. The van der Waals surface area contributed by atoms with Gasteiger partial charge in [-0.2, -0.15) is 0 Å². The molecule has 0 N–H and O–H groups in total. The van der Waals surface area contributed by atoms with Gasteiger partial charge < -0.3 is 4.74 Å².